The average molecular weight is 318 g/mol. The number of hydrogen-bond donors (Lipinski definition) is 0. The second kappa shape index (κ2) is 4.48. The number of rotatable bonds is 1. The Morgan fingerprint density at radius 3 is 2.65 bits per heavy atom. The van der Waals surface area contributed by atoms with Gasteiger partial charge in [-0.05, 0) is 17.7 Å². The topological polar surface area (TPSA) is 3.24 Å². The fraction of sp³-hybridized carbons (Fsp3) is 0.188. The summed E-state index contributed by atoms with van der Waals surface area (Å²) in [5.41, 5.74) is 3.77. The van der Waals surface area contributed by atoms with E-state index in [0.717, 1.165) is 22.3 Å². The maximum absolute atomic E-state index is 6.04. The monoisotopic (exact) mass is 317 g/mol. The van der Waals surface area contributed by atoms with E-state index in [-0.39, 0.29) is 4.87 Å². The molecule has 0 radical (unpaired) electrons. The van der Waals surface area contributed by atoms with Gasteiger partial charge in [-0.1, -0.05) is 60.2 Å². The third-order valence-corrected chi connectivity index (χ3v) is 6.18. The molecule has 0 aliphatic carbocycles. The first kappa shape index (κ1) is 12.7. The highest BCUT2D eigenvalue weighted by molar-refractivity contribution is 8.00. The molecule has 0 bridgehead atoms. The summed E-state index contributed by atoms with van der Waals surface area (Å²) in [6.07, 6.45) is 0. The second-order valence-corrected chi connectivity index (χ2v) is 7.11. The van der Waals surface area contributed by atoms with Crippen LogP contribution in [-0.4, -0.2) is 22.2 Å². The molecule has 1 nitrogen and oxygen atoms in total. The van der Waals surface area contributed by atoms with Crippen molar-refractivity contribution in [1.82, 2.24) is 4.90 Å². The molecule has 1 atom stereocenters. The molecule has 1 unspecified atom stereocenters. The molecule has 1 fully saturated rings. The molecule has 2 aliphatic rings. The lowest BCUT2D eigenvalue weighted by Gasteiger charge is -2.33. The lowest BCUT2D eigenvalue weighted by Crippen LogP contribution is -2.37. The molecule has 0 saturated carbocycles. The summed E-state index contributed by atoms with van der Waals surface area (Å²) in [4.78, 5) is 3.18. The summed E-state index contributed by atoms with van der Waals surface area (Å²) >= 11 is 13.7. The van der Waals surface area contributed by atoms with Crippen molar-refractivity contribution in [3.8, 4) is 0 Å². The number of nitrogens with zero attached hydrogens (tertiary/aromatic N) is 1. The van der Waals surface area contributed by atoms with E-state index in [1.165, 1.54) is 16.7 Å². The Kier molecular flexibility index (Phi) is 2.85. The van der Waals surface area contributed by atoms with E-state index in [1.54, 1.807) is 0 Å². The Bertz CT molecular complexity index is 698. The smallest absolute Gasteiger partial charge is 0.139 e. The molecular weight excluding hydrogens is 306 g/mol. The molecule has 0 aromatic heterocycles. The van der Waals surface area contributed by atoms with E-state index in [1.807, 2.05) is 23.9 Å². The van der Waals surface area contributed by atoms with Crippen LogP contribution in [0.15, 0.2) is 48.5 Å². The number of benzene rings is 2. The number of halogens is 1. The number of hydrogen-bond acceptors (Lipinski definition) is 2. The van der Waals surface area contributed by atoms with Crippen molar-refractivity contribution in [3.05, 3.63) is 70.2 Å². The van der Waals surface area contributed by atoms with Crippen molar-refractivity contribution in [3.63, 3.8) is 0 Å². The quantitative estimate of drug-likeness (QED) is 0.723. The molecule has 1 saturated heterocycles. The van der Waals surface area contributed by atoms with Gasteiger partial charge in [0.25, 0.3) is 0 Å². The molecule has 4 rings (SSSR count). The predicted molar refractivity (Wildman–Crippen MR) is 89.5 cm³/mol. The fourth-order valence-corrected chi connectivity index (χ4v) is 5.30. The Morgan fingerprint density at radius 2 is 1.85 bits per heavy atom. The van der Waals surface area contributed by atoms with Crippen LogP contribution in [0.25, 0.3) is 0 Å². The van der Waals surface area contributed by atoms with Crippen LogP contribution >= 0.6 is 35.6 Å². The lowest BCUT2D eigenvalue weighted by atomic mass is 9.97. The summed E-state index contributed by atoms with van der Waals surface area (Å²) in [6.45, 7) is 1.00. The van der Waals surface area contributed by atoms with E-state index >= 15 is 0 Å². The van der Waals surface area contributed by atoms with Crippen LogP contribution in [0.5, 0.6) is 0 Å². The van der Waals surface area contributed by atoms with Gasteiger partial charge in [0.15, 0.2) is 0 Å². The van der Waals surface area contributed by atoms with Gasteiger partial charge in [-0.2, -0.15) is 0 Å². The van der Waals surface area contributed by atoms with Gasteiger partial charge in [-0.3, -0.25) is 0 Å². The van der Waals surface area contributed by atoms with E-state index in [4.69, 9.17) is 23.8 Å². The standard InChI is InChI=1S/C16H12ClNS2/c17-12-7-5-11(6-8-12)16-14-4-2-1-3-13(14)15(19)18(16)9-10-20-16/h1-8H,9-10H2. The summed E-state index contributed by atoms with van der Waals surface area (Å²) < 4.78 is 0. The van der Waals surface area contributed by atoms with Gasteiger partial charge in [0, 0.05) is 28.4 Å². The lowest BCUT2D eigenvalue weighted by molar-refractivity contribution is 0.386. The third kappa shape index (κ3) is 1.54. The first-order valence-electron chi connectivity index (χ1n) is 6.55. The van der Waals surface area contributed by atoms with Crippen LogP contribution in [0.2, 0.25) is 5.02 Å². The SMILES string of the molecule is S=C1c2ccccc2C2(c3ccc(Cl)cc3)SCCN12. The van der Waals surface area contributed by atoms with Crippen molar-refractivity contribution in [2.24, 2.45) is 0 Å². The molecule has 0 amide bonds. The van der Waals surface area contributed by atoms with Crippen LogP contribution in [-0.2, 0) is 4.87 Å². The second-order valence-electron chi connectivity index (χ2n) is 5.00. The maximum atomic E-state index is 6.04. The minimum Gasteiger partial charge on any atom is -0.339 e. The van der Waals surface area contributed by atoms with Gasteiger partial charge >= 0.3 is 0 Å². The molecule has 20 heavy (non-hydrogen) atoms. The first-order valence-corrected chi connectivity index (χ1v) is 8.32. The van der Waals surface area contributed by atoms with Gasteiger partial charge in [0.1, 0.15) is 9.86 Å². The number of thioether (sulfide) groups is 1. The highest BCUT2D eigenvalue weighted by Crippen LogP contribution is 2.55. The highest BCUT2D eigenvalue weighted by atomic mass is 35.5. The molecule has 2 aromatic carbocycles. The number of fused-ring (bicyclic) bond motifs is 3. The van der Waals surface area contributed by atoms with Crippen molar-refractivity contribution in [2.45, 2.75) is 4.87 Å². The van der Waals surface area contributed by atoms with Gasteiger partial charge < -0.3 is 4.90 Å². The Hall–Kier alpha value is -1.03. The zero-order valence-electron chi connectivity index (χ0n) is 10.7. The van der Waals surface area contributed by atoms with Crippen molar-refractivity contribution in [1.29, 1.82) is 0 Å². The molecule has 0 N–H and O–H groups in total. The molecular formula is C16H12ClNS2. The highest BCUT2D eigenvalue weighted by Gasteiger charge is 2.52. The van der Waals surface area contributed by atoms with Gasteiger partial charge in [0.2, 0.25) is 0 Å². The first-order chi connectivity index (χ1) is 9.73. The molecule has 2 aliphatic heterocycles. The van der Waals surface area contributed by atoms with Crippen molar-refractivity contribution in [2.75, 3.05) is 12.3 Å². The summed E-state index contributed by atoms with van der Waals surface area (Å²) in [5.74, 6) is 1.09. The van der Waals surface area contributed by atoms with Crippen LogP contribution < -0.4 is 0 Å². The zero-order chi connectivity index (χ0) is 13.7. The predicted octanol–water partition coefficient (Wildman–Crippen LogP) is 4.28. The minimum atomic E-state index is -0.154. The Morgan fingerprint density at radius 1 is 1.10 bits per heavy atom. The van der Waals surface area contributed by atoms with Crippen LogP contribution in [0, 0.1) is 0 Å². The maximum Gasteiger partial charge on any atom is 0.139 e. The van der Waals surface area contributed by atoms with Gasteiger partial charge in [-0.15, -0.1) is 11.8 Å². The zero-order valence-corrected chi connectivity index (χ0v) is 13.1. The fourth-order valence-electron chi connectivity index (χ4n) is 3.17. The van der Waals surface area contributed by atoms with Gasteiger partial charge in [-0.25, -0.2) is 0 Å². The minimum absolute atomic E-state index is 0.154. The normalized spacial score (nSPS) is 23.9. The van der Waals surface area contributed by atoms with E-state index in [0.29, 0.717) is 0 Å². The summed E-state index contributed by atoms with van der Waals surface area (Å²) in [6, 6.07) is 16.7. The Labute approximate surface area is 132 Å². The Balaban J connectivity index is 1.99. The van der Waals surface area contributed by atoms with E-state index in [9.17, 15) is 0 Å². The van der Waals surface area contributed by atoms with Crippen LogP contribution in [0.4, 0.5) is 0 Å². The molecule has 0 spiro atoms. The summed E-state index contributed by atoms with van der Waals surface area (Å²) in [5, 5.41) is 0.772. The third-order valence-electron chi connectivity index (χ3n) is 4.01. The van der Waals surface area contributed by atoms with Crippen LogP contribution in [0.3, 0.4) is 0 Å². The summed E-state index contributed by atoms with van der Waals surface area (Å²) in [7, 11) is 0. The molecule has 4 heteroatoms. The molecule has 2 aromatic rings. The van der Waals surface area contributed by atoms with Crippen LogP contribution in [0.1, 0.15) is 16.7 Å². The largest absolute Gasteiger partial charge is 0.339 e. The average Bonchev–Trinajstić information content (AvgIpc) is 3.01. The van der Waals surface area contributed by atoms with E-state index in [2.05, 4.69) is 41.3 Å². The van der Waals surface area contributed by atoms with Crippen molar-refractivity contribution >= 4 is 40.6 Å². The molecule has 100 valence electrons. The van der Waals surface area contributed by atoms with Crippen molar-refractivity contribution < 1.29 is 0 Å². The van der Waals surface area contributed by atoms with E-state index < -0.39 is 0 Å². The number of thiocarbonyl (C=S) groups is 1. The van der Waals surface area contributed by atoms with Gasteiger partial charge in [0.05, 0.1) is 0 Å². The molecule has 2 heterocycles.